The van der Waals surface area contributed by atoms with E-state index in [4.69, 9.17) is 0 Å². The second kappa shape index (κ2) is 7.25. The Labute approximate surface area is 132 Å². The topological polar surface area (TPSA) is 35.6 Å². The number of fused-ring (bicyclic) bond motifs is 1. The highest BCUT2D eigenvalue weighted by Gasteiger charge is 2.33. The fraction of sp³-hybridized carbons (Fsp3) is 0.562. The number of piperidine rings is 1. The Morgan fingerprint density at radius 1 is 1.33 bits per heavy atom. The predicted molar refractivity (Wildman–Crippen MR) is 88.1 cm³/mol. The molecule has 1 aromatic carbocycles. The van der Waals surface area contributed by atoms with Gasteiger partial charge >= 0.3 is 0 Å². The summed E-state index contributed by atoms with van der Waals surface area (Å²) in [4.78, 5) is 16.5. The maximum atomic E-state index is 12.4. The van der Waals surface area contributed by atoms with Gasteiger partial charge in [0.15, 0.2) is 0 Å². The van der Waals surface area contributed by atoms with Crippen LogP contribution >= 0.6 is 12.4 Å². The molecule has 0 bridgehead atoms. The molecule has 3 rings (SSSR count). The lowest BCUT2D eigenvalue weighted by atomic mass is 9.93. The SMILES string of the molecule is CN(C(=O)CN1CCC2NCCC2C1)c1ccccc1.Cl. The largest absolute Gasteiger partial charge is 0.314 e. The van der Waals surface area contributed by atoms with E-state index in [1.165, 1.54) is 12.8 Å². The summed E-state index contributed by atoms with van der Waals surface area (Å²) in [5.74, 6) is 0.916. The number of nitrogens with one attached hydrogen (secondary N) is 1. The third-order valence-electron chi connectivity index (χ3n) is 4.62. The summed E-state index contributed by atoms with van der Waals surface area (Å²) in [5, 5.41) is 3.56. The minimum absolute atomic E-state index is 0. The zero-order valence-electron chi connectivity index (χ0n) is 12.5. The number of amides is 1. The van der Waals surface area contributed by atoms with Crippen LogP contribution in [0.15, 0.2) is 30.3 Å². The van der Waals surface area contributed by atoms with E-state index in [0.717, 1.165) is 31.2 Å². The number of likely N-dealkylation sites (N-methyl/N-ethyl adjacent to an activating group) is 1. The van der Waals surface area contributed by atoms with Crippen molar-refractivity contribution in [2.24, 2.45) is 5.92 Å². The van der Waals surface area contributed by atoms with Crippen molar-refractivity contribution >= 4 is 24.0 Å². The van der Waals surface area contributed by atoms with Crippen molar-refractivity contribution in [1.29, 1.82) is 0 Å². The van der Waals surface area contributed by atoms with Gasteiger partial charge in [-0.1, -0.05) is 18.2 Å². The molecule has 2 atom stereocenters. The molecular formula is C16H24ClN3O. The summed E-state index contributed by atoms with van der Waals surface area (Å²) in [5.41, 5.74) is 0.968. The highest BCUT2D eigenvalue weighted by atomic mass is 35.5. The molecule has 0 aromatic heterocycles. The Morgan fingerprint density at radius 2 is 2.10 bits per heavy atom. The summed E-state index contributed by atoms with van der Waals surface area (Å²) < 4.78 is 0. The standard InChI is InChI=1S/C16H23N3O.ClH/c1-18(14-5-3-2-4-6-14)16(20)12-19-10-8-15-13(11-19)7-9-17-15;/h2-6,13,15,17H,7-12H2,1H3;1H. The van der Waals surface area contributed by atoms with E-state index >= 15 is 0 Å². The van der Waals surface area contributed by atoms with E-state index in [2.05, 4.69) is 10.2 Å². The molecule has 2 heterocycles. The number of para-hydroxylation sites is 1. The van der Waals surface area contributed by atoms with Crippen molar-refractivity contribution in [3.05, 3.63) is 30.3 Å². The molecule has 2 aliphatic rings. The van der Waals surface area contributed by atoms with Crippen LogP contribution in [0.2, 0.25) is 0 Å². The summed E-state index contributed by atoms with van der Waals surface area (Å²) in [6, 6.07) is 10.5. The monoisotopic (exact) mass is 309 g/mol. The Kier molecular flexibility index (Phi) is 5.62. The smallest absolute Gasteiger partial charge is 0.240 e. The lowest BCUT2D eigenvalue weighted by Crippen LogP contribution is -2.48. The minimum atomic E-state index is 0. The summed E-state index contributed by atoms with van der Waals surface area (Å²) in [6.07, 6.45) is 2.43. The first-order valence-corrected chi connectivity index (χ1v) is 7.51. The molecule has 0 saturated carbocycles. The van der Waals surface area contributed by atoms with Gasteiger partial charge in [0, 0.05) is 31.9 Å². The highest BCUT2D eigenvalue weighted by molar-refractivity contribution is 5.94. The number of rotatable bonds is 3. The molecule has 0 aliphatic carbocycles. The fourth-order valence-electron chi connectivity index (χ4n) is 3.36. The maximum absolute atomic E-state index is 12.4. The molecule has 4 nitrogen and oxygen atoms in total. The zero-order chi connectivity index (χ0) is 13.9. The number of benzene rings is 1. The third-order valence-corrected chi connectivity index (χ3v) is 4.62. The second-order valence-electron chi connectivity index (χ2n) is 5.92. The Hall–Kier alpha value is -1.10. The molecule has 116 valence electrons. The molecule has 1 amide bonds. The number of hydrogen-bond acceptors (Lipinski definition) is 3. The van der Waals surface area contributed by atoms with Gasteiger partial charge in [-0.2, -0.15) is 0 Å². The molecular weight excluding hydrogens is 286 g/mol. The first kappa shape index (κ1) is 16.3. The van der Waals surface area contributed by atoms with Gasteiger partial charge in [-0.15, -0.1) is 12.4 Å². The van der Waals surface area contributed by atoms with Crippen LogP contribution in [0.4, 0.5) is 5.69 Å². The first-order chi connectivity index (χ1) is 9.74. The van der Waals surface area contributed by atoms with Gasteiger partial charge in [0.1, 0.15) is 0 Å². The first-order valence-electron chi connectivity index (χ1n) is 7.51. The van der Waals surface area contributed by atoms with Crippen LogP contribution in [0, 0.1) is 5.92 Å². The van der Waals surface area contributed by atoms with E-state index in [-0.39, 0.29) is 18.3 Å². The van der Waals surface area contributed by atoms with Crippen molar-refractivity contribution in [1.82, 2.24) is 10.2 Å². The number of hydrogen-bond donors (Lipinski definition) is 1. The fourth-order valence-corrected chi connectivity index (χ4v) is 3.36. The highest BCUT2D eigenvalue weighted by Crippen LogP contribution is 2.24. The quantitative estimate of drug-likeness (QED) is 0.924. The summed E-state index contributed by atoms with van der Waals surface area (Å²) in [7, 11) is 1.86. The number of halogens is 1. The van der Waals surface area contributed by atoms with Crippen molar-refractivity contribution in [3.8, 4) is 0 Å². The van der Waals surface area contributed by atoms with Gasteiger partial charge < -0.3 is 10.2 Å². The summed E-state index contributed by atoms with van der Waals surface area (Å²) >= 11 is 0. The van der Waals surface area contributed by atoms with E-state index in [9.17, 15) is 4.79 Å². The number of nitrogens with zero attached hydrogens (tertiary/aromatic N) is 2. The van der Waals surface area contributed by atoms with Crippen LogP contribution in [0.25, 0.3) is 0 Å². The molecule has 2 aliphatic heterocycles. The normalized spacial score (nSPS) is 25.0. The van der Waals surface area contributed by atoms with Crippen molar-refractivity contribution in [3.63, 3.8) is 0 Å². The van der Waals surface area contributed by atoms with E-state index < -0.39 is 0 Å². The second-order valence-corrected chi connectivity index (χ2v) is 5.92. The Morgan fingerprint density at radius 3 is 2.86 bits per heavy atom. The van der Waals surface area contributed by atoms with Crippen LogP contribution < -0.4 is 10.2 Å². The average Bonchev–Trinajstić information content (AvgIpc) is 2.95. The molecule has 2 fully saturated rings. The van der Waals surface area contributed by atoms with E-state index in [1.807, 2.05) is 37.4 Å². The van der Waals surface area contributed by atoms with E-state index in [0.29, 0.717) is 12.6 Å². The van der Waals surface area contributed by atoms with Crippen LogP contribution in [-0.4, -0.2) is 50.1 Å². The van der Waals surface area contributed by atoms with Gasteiger partial charge in [-0.05, 0) is 37.4 Å². The lowest BCUT2D eigenvalue weighted by molar-refractivity contribution is -0.119. The van der Waals surface area contributed by atoms with Gasteiger partial charge in [0.25, 0.3) is 0 Å². The van der Waals surface area contributed by atoms with Gasteiger partial charge in [-0.3, -0.25) is 9.69 Å². The molecule has 1 aromatic rings. The molecule has 1 N–H and O–H groups in total. The molecule has 2 unspecified atom stereocenters. The lowest BCUT2D eigenvalue weighted by Gasteiger charge is -2.35. The van der Waals surface area contributed by atoms with Crippen LogP contribution in [0.1, 0.15) is 12.8 Å². The van der Waals surface area contributed by atoms with Crippen molar-refractivity contribution < 1.29 is 4.79 Å². The average molecular weight is 310 g/mol. The van der Waals surface area contributed by atoms with Gasteiger partial charge in [0.2, 0.25) is 5.91 Å². The van der Waals surface area contributed by atoms with Crippen molar-refractivity contribution in [2.45, 2.75) is 18.9 Å². The molecule has 21 heavy (non-hydrogen) atoms. The number of anilines is 1. The number of likely N-dealkylation sites (tertiary alicyclic amines) is 1. The Balaban J connectivity index is 0.00000161. The zero-order valence-corrected chi connectivity index (χ0v) is 13.3. The molecule has 2 saturated heterocycles. The van der Waals surface area contributed by atoms with Gasteiger partial charge in [0.05, 0.1) is 6.54 Å². The van der Waals surface area contributed by atoms with Crippen LogP contribution in [0.5, 0.6) is 0 Å². The summed E-state index contributed by atoms with van der Waals surface area (Å²) in [6.45, 7) is 3.77. The minimum Gasteiger partial charge on any atom is -0.314 e. The third kappa shape index (κ3) is 3.76. The molecule has 0 spiro atoms. The van der Waals surface area contributed by atoms with Crippen molar-refractivity contribution in [2.75, 3.05) is 38.1 Å². The van der Waals surface area contributed by atoms with Gasteiger partial charge in [-0.25, -0.2) is 0 Å². The van der Waals surface area contributed by atoms with Crippen LogP contribution in [-0.2, 0) is 4.79 Å². The molecule has 5 heteroatoms. The maximum Gasteiger partial charge on any atom is 0.240 e. The van der Waals surface area contributed by atoms with E-state index in [1.54, 1.807) is 4.90 Å². The Bertz CT molecular complexity index is 468. The number of carbonyl (C=O) groups is 1. The number of carbonyl (C=O) groups excluding carboxylic acids is 1. The molecule has 0 radical (unpaired) electrons. The van der Waals surface area contributed by atoms with Crippen LogP contribution in [0.3, 0.4) is 0 Å². The predicted octanol–water partition coefficient (Wildman–Crippen LogP) is 1.75.